The van der Waals surface area contributed by atoms with Gasteiger partial charge in [-0.1, -0.05) is 0 Å². The highest BCUT2D eigenvalue weighted by Crippen LogP contribution is 2.26. The third-order valence-corrected chi connectivity index (χ3v) is 5.96. The third-order valence-electron chi connectivity index (χ3n) is 5.96. The first-order valence-electron chi connectivity index (χ1n) is 9.86. The predicted molar refractivity (Wildman–Crippen MR) is 123 cm³/mol. The Kier molecular flexibility index (Phi) is 8.90. The Labute approximate surface area is 189 Å². The average molecular weight is 523 g/mol. The van der Waals surface area contributed by atoms with E-state index in [0.29, 0.717) is 12.2 Å². The summed E-state index contributed by atoms with van der Waals surface area (Å²) in [6.45, 7) is 3.69. The van der Waals surface area contributed by atoms with Gasteiger partial charge in [-0.3, -0.25) is 4.99 Å². The number of anilines is 1. The SMILES string of the molecule is CN=C(NCC1(N(C)C)CCOCC1)NC1CCN(c2ccc(F)cc2F)C1.I. The van der Waals surface area contributed by atoms with Crippen LogP contribution in [-0.2, 0) is 4.74 Å². The van der Waals surface area contributed by atoms with Gasteiger partial charge in [0.05, 0.1) is 5.69 Å². The molecule has 0 radical (unpaired) electrons. The van der Waals surface area contributed by atoms with Gasteiger partial charge >= 0.3 is 0 Å². The largest absolute Gasteiger partial charge is 0.381 e. The first-order chi connectivity index (χ1) is 13.4. The van der Waals surface area contributed by atoms with Gasteiger partial charge in [0.15, 0.2) is 5.96 Å². The molecule has 6 nitrogen and oxygen atoms in total. The molecule has 3 rings (SSSR count). The second-order valence-electron chi connectivity index (χ2n) is 7.83. The van der Waals surface area contributed by atoms with Gasteiger partial charge in [-0.15, -0.1) is 24.0 Å². The molecular formula is C20H32F2IN5O. The van der Waals surface area contributed by atoms with Gasteiger partial charge < -0.3 is 25.2 Å². The van der Waals surface area contributed by atoms with E-state index in [0.717, 1.165) is 57.6 Å². The Morgan fingerprint density at radius 1 is 1.31 bits per heavy atom. The van der Waals surface area contributed by atoms with E-state index in [2.05, 4.69) is 34.6 Å². The first-order valence-corrected chi connectivity index (χ1v) is 9.86. The Morgan fingerprint density at radius 3 is 2.66 bits per heavy atom. The molecule has 29 heavy (non-hydrogen) atoms. The molecule has 1 unspecified atom stereocenters. The molecule has 0 amide bonds. The zero-order valence-electron chi connectivity index (χ0n) is 17.4. The van der Waals surface area contributed by atoms with E-state index in [-0.39, 0.29) is 35.6 Å². The Morgan fingerprint density at radius 2 is 2.03 bits per heavy atom. The van der Waals surface area contributed by atoms with Crippen LogP contribution in [0.3, 0.4) is 0 Å². The molecule has 1 aromatic carbocycles. The van der Waals surface area contributed by atoms with Crippen LogP contribution in [0.5, 0.6) is 0 Å². The maximum Gasteiger partial charge on any atom is 0.191 e. The summed E-state index contributed by atoms with van der Waals surface area (Å²) in [5.41, 5.74) is 0.497. The van der Waals surface area contributed by atoms with Crippen LogP contribution in [0.2, 0.25) is 0 Å². The van der Waals surface area contributed by atoms with Gasteiger partial charge in [0, 0.05) is 57.5 Å². The van der Waals surface area contributed by atoms with Crippen molar-refractivity contribution in [2.24, 2.45) is 4.99 Å². The molecule has 2 fully saturated rings. The van der Waals surface area contributed by atoms with Crippen molar-refractivity contribution in [2.75, 3.05) is 58.9 Å². The second-order valence-corrected chi connectivity index (χ2v) is 7.83. The van der Waals surface area contributed by atoms with Crippen LogP contribution in [0.25, 0.3) is 0 Å². The fourth-order valence-corrected chi connectivity index (χ4v) is 4.00. The van der Waals surface area contributed by atoms with Crippen LogP contribution >= 0.6 is 24.0 Å². The lowest BCUT2D eigenvalue weighted by atomic mass is 9.88. The number of hydrogen-bond acceptors (Lipinski definition) is 4. The van der Waals surface area contributed by atoms with Crippen molar-refractivity contribution in [1.29, 1.82) is 0 Å². The van der Waals surface area contributed by atoms with Crippen LogP contribution in [0.1, 0.15) is 19.3 Å². The highest BCUT2D eigenvalue weighted by molar-refractivity contribution is 14.0. The van der Waals surface area contributed by atoms with Gasteiger partial charge in [-0.25, -0.2) is 8.78 Å². The van der Waals surface area contributed by atoms with Crippen molar-refractivity contribution in [1.82, 2.24) is 15.5 Å². The number of ether oxygens (including phenoxy) is 1. The number of hydrogen-bond donors (Lipinski definition) is 2. The Balaban J connectivity index is 0.00000300. The van der Waals surface area contributed by atoms with Gasteiger partial charge in [-0.05, 0) is 45.5 Å². The smallest absolute Gasteiger partial charge is 0.191 e. The fourth-order valence-electron chi connectivity index (χ4n) is 4.00. The molecule has 0 spiro atoms. The molecule has 9 heteroatoms. The number of nitrogens with one attached hydrogen (secondary N) is 2. The molecule has 0 saturated carbocycles. The van der Waals surface area contributed by atoms with E-state index >= 15 is 0 Å². The third kappa shape index (κ3) is 5.91. The van der Waals surface area contributed by atoms with E-state index in [4.69, 9.17) is 4.74 Å². The minimum Gasteiger partial charge on any atom is -0.381 e. The number of halogens is 3. The molecule has 1 aromatic rings. The minimum atomic E-state index is -0.553. The standard InChI is InChI=1S/C20H31F2N5O.HI/c1-23-19(24-14-20(26(2)3)7-10-28-11-8-20)25-16-6-9-27(13-16)18-5-4-15(21)12-17(18)22;/h4-5,12,16H,6-11,13-14H2,1-3H3,(H2,23,24,25);1H. The highest BCUT2D eigenvalue weighted by atomic mass is 127. The summed E-state index contributed by atoms with van der Waals surface area (Å²) in [4.78, 5) is 8.57. The summed E-state index contributed by atoms with van der Waals surface area (Å²) in [6.07, 6.45) is 2.82. The second kappa shape index (κ2) is 10.7. The van der Waals surface area contributed by atoms with Crippen LogP contribution in [0.4, 0.5) is 14.5 Å². The van der Waals surface area contributed by atoms with E-state index in [1.54, 1.807) is 7.05 Å². The number of nitrogens with zero attached hydrogens (tertiary/aromatic N) is 3. The van der Waals surface area contributed by atoms with Crippen molar-refractivity contribution < 1.29 is 13.5 Å². The van der Waals surface area contributed by atoms with Gasteiger partial charge in [-0.2, -0.15) is 0 Å². The molecule has 2 heterocycles. The number of benzene rings is 1. The Bertz CT molecular complexity index is 697. The lowest BCUT2D eigenvalue weighted by molar-refractivity contribution is -0.00502. The molecular weight excluding hydrogens is 491 g/mol. The summed E-state index contributed by atoms with van der Waals surface area (Å²) in [5, 5.41) is 6.90. The number of rotatable bonds is 5. The molecule has 2 aliphatic heterocycles. The zero-order valence-corrected chi connectivity index (χ0v) is 19.7. The summed E-state index contributed by atoms with van der Waals surface area (Å²) in [6, 6.07) is 3.89. The highest BCUT2D eigenvalue weighted by Gasteiger charge is 2.35. The first kappa shape index (κ1) is 24.1. The summed E-state index contributed by atoms with van der Waals surface area (Å²) < 4.78 is 32.7. The van der Waals surface area contributed by atoms with Gasteiger partial charge in [0.1, 0.15) is 11.6 Å². The average Bonchev–Trinajstić information content (AvgIpc) is 3.14. The fraction of sp³-hybridized carbons (Fsp3) is 0.650. The normalized spacial score (nSPS) is 21.8. The molecule has 2 N–H and O–H groups in total. The van der Waals surface area contributed by atoms with Crippen LogP contribution in [0.15, 0.2) is 23.2 Å². The molecule has 0 aromatic heterocycles. The lowest BCUT2D eigenvalue weighted by Crippen LogP contribution is -2.57. The van der Waals surface area contributed by atoms with Crippen LogP contribution in [0, 0.1) is 11.6 Å². The lowest BCUT2D eigenvalue weighted by Gasteiger charge is -2.43. The number of guanidine groups is 1. The molecule has 1 atom stereocenters. The maximum atomic E-state index is 14.0. The van der Waals surface area contributed by atoms with E-state index in [1.807, 2.05) is 4.90 Å². The molecule has 2 saturated heterocycles. The quantitative estimate of drug-likeness (QED) is 0.353. The minimum absolute atomic E-state index is 0. The monoisotopic (exact) mass is 523 g/mol. The van der Waals surface area contributed by atoms with Crippen molar-refractivity contribution in [3.8, 4) is 0 Å². The number of aliphatic imine (C=N–C) groups is 1. The molecule has 164 valence electrons. The predicted octanol–water partition coefficient (Wildman–Crippen LogP) is 2.44. The van der Waals surface area contributed by atoms with Crippen molar-refractivity contribution >= 4 is 35.6 Å². The van der Waals surface area contributed by atoms with Crippen LogP contribution in [-0.4, -0.2) is 76.4 Å². The summed E-state index contributed by atoms with van der Waals surface area (Å²) in [7, 11) is 5.97. The topological polar surface area (TPSA) is 52.1 Å². The zero-order chi connectivity index (χ0) is 20.1. The molecule has 0 aliphatic carbocycles. The number of likely N-dealkylation sites (N-methyl/N-ethyl adjacent to an activating group) is 1. The molecule has 2 aliphatic rings. The van der Waals surface area contributed by atoms with Crippen molar-refractivity contribution in [2.45, 2.75) is 30.8 Å². The molecule has 0 bridgehead atoms. The van der Waals surface area contributed by atoms with E-state index in [9.17, 15) is 8.78 Å². The Hall–Kier alpha value is -1.20. The van der Waals surface area contributed by atoms with Crippen molar-refractivity contribution in [3.05, 3.63) is 29.8 Å². The van der Waals surface area contributed by atoms with Gasteiger partial charge in [0.2, 0.25) is 0 Å². The van der Waals surface area contributed by atoms with Crippen LogP contribution < -0.4 is 15.5 Å². The summed E-state index contributed by atoms with van der Waals surface area (Å²) >= 11 is 0. The van der Waals surface area contributed by atoms with E-state index in [1.165, 1.54) is 12.1 Å². The van der Waals surface area contributed by atoms with Gasteiger partial charge in [0.25, 0.3) is 0 Å². The van der Waals surface area contributed by atoms with E-state index < -0.39 is 11.6 Å². The maximum absolute atomic E-state index is 14.0. The van der Waals surface area contributed by atoms with Crippen molar-refractivity contribution in [3.63, 3.8) is 0 Å². The summed E-state index contributed by atoms with van der Waals surface area (Å²) in [5.74, 6) is -0.322.